The summed E-state index contributed by atoms with van der Waals surface area (Å²) in [5.74, 6) is -0.560. The Balaban J connectivity index is 0.000000685. The van der Waals surface area contributed by atoms with Gasteiger partial charge in [0.05, 0.1) is 5.83 Å². The molecule has 1 unspecified atom stereocenters. The number of allylic oxidation sites excluding steroid dienone is 9. The SMILES string of the molecule is CCN(CCC(C)N1CCN(c2ncc(C=O)cc2O)CC1)C/C(C)=C/C=C(Br)\C=C(/C)F.C\C=C(O)/C(F)=C\C=C(/C)CNC. The van der Waals surface area contributed by atoms with E-state index in [0.717, 1.165) is 62.3 Å². The van der Waals surface area contributed by atoms with Crippen LogP contribution < -0.4 is 10.2 Å². The molecule has 1 aliphatic heterocycles. The number of nitrogens with zero attached hydrogens (tertiary/aromatic N) is 4. The lowest BCUT2D eigenvalue weighted by Crippen LogP contribution is -2.50. The first-order valence-electron chi connectivity index (χ1n) is 15.6. The van der Waals surface area contributed by atoms with Crippen molar-refractivity contribution in [2.24, 2.45) is 0 Å². The van der Waals surface area contributed by atoms with E-state index >= 15 is 0 Å². The monoisotopic (exact) mass is 707 g/mol. The first-order chi connectivity index (χ1) is 21.8. The van der Waals surface area contributed by atoms with Gasteiger partial charge in [-0.15, -0.1) is 0 Å². The normalized spacial score (nSPS) is 16.8. The molecule has 11 heteroatoms. The number of carbonyl (C=O) groups is 1. The average molecular weight is 709 g/mol. The standard InChI is InChI=1S/C25H36BrFN4O2.C10H16FNO/c1-5-29(17-19(2)6-7-23(26)14-20(3)27)9-8-21(4)30-10-12-31(13-11-30)25-24(33)15-22(18-32)16-28-25;1-4-10(13)9(11)6-5-8(2)7-12-3/h6-7,14-16,18,21,33H,5,8-13,17H2,1-4H3;4-6,12-13H,7H2,1-3H3/b19-6+,20-14+,23-7+;8-5+,9-6+,10-4+. The molecule has 0 aromatic carbocycles. The van der Waals surface area contributed by atoms with E-state index in [1.54, 1.807) is 13.0 Å². The van der Waals surface area contributed by atoms with Crippen molar-refractivity contribution in [2.75, 3.05) is 64.3 Å². The van der Waals surface area contributed by atoms with E-state index in [1.807, 2.05) is 26.1 Å². The van der Waals surface area contributed by atoms with Crippen LogP contribution in [0.25, 0.3) is 0 Å². The number of aromatic nitrogens is 1. The fourth-order valence-electron chi connectivity index (χ4n) is 4.69. The fourth-order valence-corrected chi connectivity index (χ4v) is 5.13. The van der Waals surface area contributed by atoms with Gasteiger partial charge in [0.15, 0.2) is 23.7 Å². The van der Waals surface area contributed by atoms with Crippen molar-refractivity contribution >= 4 is 28.0 Å². The summed E-state index contributed by atoms with van der Waals surface area (Å²) in [6, 6.07) is 1.92. The molecule has 0 spiro atoms. The lowest BCUT2D eigenvalue weighted by molar-refractivity contribution is 0.112. The smallest absolute Gasteiger partial charge is 0.171 e. The number of halogens is 3. The van der Waals surface area contributed by atoms with E-state index < -0.39 is 5.83 Å². The Morgan fingerprint density at radius 1 is 1.13 bits per heavy atom. The van der Waals surface area contributed by atoms with Gasteiger partial charge in [0.25, 0.3) is 0 Å². The molecule has 2 rings (SSSR count). The highest BCUT2D eigenvalue weighted by Gasteiger charge is 2.24. The van der Waals surface area contributed by atoms with Crippen LogP contribution in [0.2, 0.25) is 0 Å². The first-order valence-corrected chi connectivity index (χ1v) is 16.4. The van der Waals surface area contributed by atoms with E-state index in [-0.39, 0.29) is 17.3 Å². The zero-order valence-corrected chi connectivity index (χ0v) is 29.9. The number of aliphatic hydroxyl groups is 1. The Labute approximate surface area is 282 Å². The number of aldehydes is 1. The maximum Gasteiger partial charge on any atom is 0.171 e. The van der Waals surface area contributed by atoms with Crippen molar-refractivity contribution in [1.29, 1.82) is 0 Å². The third-order valence-electron chi connectivity index (χ3n) is 7.38. The van der Waals surface area contributed by atoms with Crippen LogP contribution in [-0.4, -0.2) is 96.7 Å². The summed E-state index contributed by atoms with van der Waals surface area (Å²) in [6.45, 7) is 18.4. The van der Waals surface area contributed by atoms with E-state index in [4.69, 9.17) is 5.11 Å². The van der Waals surface area contributed by atoms with Crippen LogP contribution in [0, 0.1) is 0 Å². The molecule has 1 aromatic rings. The molecule has 0 amide bonds. The number of aromatic hydroxyl groups is 1. The van der Waals surface area contributed by atoms with Crippen LogP contribution in [-0.2, 0) is 0 Å². The second kappa shape index (κ2) is 22.4. The van der Waals surface area contributed by atoms with E-state index in [9.17, 15) is 18.7 Å². The van der Waals surface area contributed by atoms with Gasteiger partial charge >= 0.3 is 0 Å². The van der Waals surface area contributed by atoms with Crippen LogP contribution in [0.4, 0.5) is 14.6 Å². The van der Waals surface area contributed by atoms with Crippen molar-refractivity contribution in [2.45, 2.75) is 54.0 Å². The molecular formula is C35H52BrF2N5O3. The van der Waals surface area contributed by atoms with Crippen LogP contribution in [0.15, 0.2) is 81.8 Å². The minimum absolute atomic E-state index is 0.0563. The van der Waals surface area contributed by atoms with Crippen LogP contribution in [0.3, 0.4) is 0 Å². The number of hydrogen-bond donors (Lipinski definition) is 3. The molecule has 256 valence electrons. The predicted octanol–water partition coefficient (Wildman–Crippen LogP) is 7.39. The Kier molecular flexibility index (Phi) is 19.9. The molecule has 0 aliphatic carbocycles. The zero-order valence-electron chi connectivity index (χ0n) is 28.4. The van der Waals surface area contributed by atoms with Crippen molar-refractivity contribution in [3.05, 3.63) is 87.3 Å². The van der Waals surface area contributed by atoms with Gasteiger partial charge in [-0.1, -0.05) is 46.2 Å². The molecule has 1 aliphatic rings. The van der Waals surface area contributed by atoms with Crippen LogP contribution >= 0.6 is 15.9 Å². The highest BCUT2D eigenvalue weighted by atomic mass is 79.9. The summed E-state index contributed by atoms with van der Waals surface area (Å²) in [7, 11) is 1.82. The highest BCUT2D eigenvalue weighted by molar-refractivity contribution is 9.11. The summed E-state index contributed by atoms with van der Waals surface area (Å²) in [5.41, 5.74) is 2.61. The maximum absolute atomic E-state index is 13.0. The average Bonchev–Trinajstić information content (AvgIpc) is 3.04. The number of carbonyl (C=O) groups excluding carboxylic acids is 1. The number of aliphatic hydroxyl groups excluding tert-OH is 1. The molecule has 0 radical (unpaired) electrons. The number of hydrogen-bond acceptors (Lipinski definition) is 8. The van der Waals surface area contributed by atoms with Gasteiger partial charge < -0.3 is 20.4 Å². The number of anilines is 1. The number of rotatable bonds is 15. The first kappa shape index (κ1) is 40.9. The zero-order chi connectivity index (χ0) is 34.6. The quantitative estimate of drug-likeness (QED) is 0.0988. The van der Waals surface area contributed by atoms with Crippen molar-refractivity contribution in [3.63, 3.8) is 0 Å². The molecule has 3 N–H and O–H groups in total. The molecule has 8 nitrogen and oxygen atoms in total. The lowest BCUT2D eigenvalue weighted by Gasteiger charge is -2.39. The van der Waals surface area contributed by atoms with Gasteiger partial charge in [0.2, 0.25) is 0 Å². The Morgan fingerprint density at radius 2 is 1.78 bits per heavy atom. The van der Waals surface area contributed by atoms with Gasteiger partial charge in [0.1, 0.15) is 5.76 Å². The summed E-state index contributed by atoms with van der Waals surface area (Å²) in [6.07, 6.45) is 12.8. The Morgan fingerprint density at radius 3 is 2.33 bits per heavy atom. The molecule has 0 bridgehead atoms. The summed E-state index contributed by atoms with van der Waals surface area (Å²) in [5, 5.41) is 22.1. The maximum atomic E-state index is 13.0. The minimum Gasteiger partial charge on any atom is -0.505 e. The third-order valence-corrected chi connectivity index (χ3v) is 7.87. The molecule has 1 atom stereocenters. The Bertz CT molecular complexity index is 1280. The predicted molar refractivity (Wildman–Crippen MR) is 190 cm³/mol. The lowest BCUT2D eigenvalue weighted by atomic mass is 10.1. The number of likely N-dealkylation sites (N-methyl/N-ethyl adjacent to an activating group) is 2. The minimum atomic E-state index is -0.613. The van der Waals surface area contributed by atoms with E-state index in [0.29, 0.717) is 30.3 Å². The van der Waals surface area contributed by atoms with Gasteiger partial charge in [-0.2, -0.15) is 0 Å². The molecule has 1 fully saturated rings. The molecular weight excluding hydrogens is 656 g/mol. The number of pyridine rings is 1. The van der Waals surface area contributed by atoms with Gasteiger partial charge in [-0.3, -0.25) is 14.6 Å². The topological polar surface area (TPSA) is 92.2 Å². The second-order valence-corrected chi connectivity index (χ2v) is 12.2. The third kappa shape index (κ3) is 15.9. The fraction of sp³-hybridized carbons (Fsp3) is 0.486. The van der Waals surface area contributed by atoms with Gasteiger partial charge in [-0.25, -0.2) is 13.8 Å². The van der Waals surface area contributed by atoms with E-state index in [2.05, 4.69) is 61.7 Å². The molecule has 46 heavy (non-hydrogen) atoms. The largest absolute Gasteiger partial charge is 0.505 e. The van der Waals surface area contributed by atoms with Crippen molar-refractivity contribution in [1.82, 2.24) is 20.1 Å². The number of piperazine rings is 1. The van der Waals surface area contributed by atoms with E-state index in [1.165, 1.54) is 43.0 Å². The Hall–Kier alpha value is -3.12. The summed E-state index contributed by atoms with van der Waals surface area (Å²) in [4.78, 5) is 22.1. The molecule has 0 saturated carbocycles. The van der Waals surface area contributed by atoms with Gasteiger partial charge in [-0.05, 0) is 91.5 Å². The van der Waals surface area contributed by atoms with Crippen molar-refractivity contribution < 1.29 is 23.8 Å². The highest BCUT2D eigenvalue weighted by Crippen LogP contribution is 2.26. The number of nitrogens with one attached hydrogen (secondary N) is 1. The van der Waals surface area contributed by atoms with Crippen LogP contribution in [0.5, 0.6) is 5.75 Å². The van der Waals surface area contributed by atoms with Crippen molar-refractivity contribution in [3.8, 4) is 5.75 Å². The van der Waals surface area contributed by atoms with Gasteiger partial charge in [0, 0.05) is 61.6 Å². The second-order valence-electron chi connectivity index (χ2n) is 11.3. The molecule has 2 heterocycles. The molecule has 1 saturated heterocycles. The summed E-state index contributed by atoms with van der Waals surface area (Å²) >= 11 is 3.36. The molecule has 1 aromatic heterocycles. The summed E-state index contributed by atoms with van der Waals surface area (Å²) < 4.78 is 26.6. The van der Waals surface area contributed by atoms with Crippen LogP contribution in [0.1, 0.15) is 58.3 Å².